The first-order chi connectivity index (χ1) is 21.6. The molecule has 1 N–H and O–H groups in total. The Morgan fingerprint density at radius 3 is 2.77 bits per heavy atom. The number of ether oxygens (including phenoxy) is 4. The van der Waals surface area contributed by atoms with Crippen LogP contribution in [0.2, 0.25) is 0 Å². The van der Waals surface area contributed by atoms with E-state index in [1.807, 2.05) is 46.2 Å². The number of carbonyl (C=O) groups is 2. The molecular weight excluding hydrogens is 560 g/mol. The number of likely N-dealkylation sites (tertiary alicyclic amines) is 1. The van der Waals surface area contributed by atoms with Gasteiger partial charge in [0.05, 0.1) is 18.7 Å². The topological polar surface area (TPSA) is 96.6 Å². The summed E-state index contributed by atoms with van der Waals surface area (Å²) >= 11 is 0. The largest absolute Gasteiger partial charge is 0.491 e. The molecule has 4 aliphatic heterocycles. The number of aromatic nitrogens is 1. The van der Waals surface area contributed by atoms with Gasteiger partial charge in [-0.25, -0.2) is 0 Å². The van der Waals surface area contributed by atoms with Crippen LogP contribution >= 0.6 is 0 Å². The molecule has 3 saturated heterocycles. The summed E-state index contributed by atoms with van der Waals surface area (Å²) in [6, 6.07) is 15.3. The van der Waals surface area contributed by atoms with Crippen LogP contribution in [0.25, 0.3) is 10.9 Å². The average Bonchev–Trinajstić information content (AvgIpc) is 3.64. The summed E-state index contributed by atoms with van der Waals surface area (Å²) in [7, 11) is 1.66. The molecule has 228 valence electrons. The average molecular weight is 597 g/mol. The summed E-state index contributed by atoms with van der Waals surface area (Å²) in [5.74, 6) is 0.827. The number of nitrogens with one attached hydrogen (secondary N) is 1. The molecule has 3 fully saturated rings. The molecule has 5 heterocycles. The number of carbonyl (C=O) groups excluding carboxylic acids is 2. The van der Waals surface area contributed by atoms with Crippen LogP contribution in [0.4, 0.5) is 0 Å². The van der Waals surface area contributed by atoms with E-state index in [1.54, 1.807) is 7.11 Å². The monoisotopic (exact) mass is 596 g/mol. The predicted molar refractivity (Wildman–Crippen MR) is 162 cm³/mol. The molecule has 2 unspecified atom stereocenters. The highest BCUT2D eigenvalue weighted by molar-refractivity contribution is 5.98. The quantitative estimate of drug-likeness (QED) is 0.400. The summed E-state index contributed by atoms with van der Waals surface area (Å²) in [4.78, 5) is 37.8. The fourth-order valence-corrected chi connectivity index (χ4v) is 7.37. The van der Waals surface area contributed by atoms with Crippen LogP contribution in [0.3, 0.4) is 0 Å². The lowest BCUT2D eigenvalue weighted by Gasteiger charge is -2.52. The molecule has 8 rings (SSSR count). The number of fused-ring (bicyclic) bond motifs is 5. The highest BCUT2D eigenvalue weighted by Crippen LogP contribution is 2.44. The number of aromatic amines is 1. The third-order valence-corrected chi connectivity index (χ3v) is 9.53. The first kappa shape index (κ1) is 27.6. The zero-order valence-electron chi connectivity index (χ0n) is 24.7. The predicted octanol–water partition coefficient (Wildman–Crippen LogP) is 2.95. The Morgan fingerprint density at radius 1 is 1.02 bits per heavy atom. The molecule has 4 atom stereocenters. The number of benzene rings is 2. The molecule has 0 spiro atoms. The molecule has 1 aromatic heterocycles. The van der Waals surface area contributed by atoms with E-state index in [0.29, 0.717) is 19.6 Å². The fraction of sp³-hybridized carbons (Fsp3) is 0.412. The Kier molecular flexibility index (Phi) is 7.02. The van der Waals surface area contributed by atoms with Gasteiger partial charge in [-0.3, -0.25) is 14.5 Å². The van der Waals surface area contributed by atoms with Crippen LogP contribution in [-0.4, -0.2) is 103 Å². The van der Waals surface area contributed by atoms with Gasteiger partial charge in [0.1, 0.15) is 43.9 Å². The van der Waals surface area contributed by atoms with Gasteiger partial charge in [0.25, 0.3) is 0 Å². The SMILES string of the molecule is COCCOc1cccc(CN2CC(N3CC(=O)N4[C@H](Cc5c([nH]c6ccccc56)[C@H]4C4=CC5OCOC5C=C4)C3=O)C2)c1. The summed E-state index contributed by atoms with van der Waals surface area (Å²) in [6.07, 6.45) is 6.27. The Balaban J connectivity index is 1.02. The second kappa shape index (κ2) is 11.2. The highest BCUT2D eigenvalue weighted by atomic mass is 16.7. The lowest BCUT2D eigenvalue weighted by atomic mass is 9.83. The van der Waals surface area contributed by atoms with Crippen LogP contribution < -0.4 is 4.74 Å². The van der Waals surface area contributed by atoms with E-state index in [0.717, 1.165) is 58.7 Å². The van der Waals surface area contributed by atoms with Gasteiger partial charge < -0.3 is 33.7 Å². The van der Waals surface area contributed by atoms with Crippen molar-refractivity contribution >= 4 is 22.7 Å². The van der Waals surface area contributed by atoms with E-state index in [4.69, 9.17) is 18.9 Å². The Bertz CT molecular complexity index is 1660. The summed E-state index contributed by atoms with van der Waals surface area (Å²) in [6.45, 7) is 3.61. The standard InChI is InChI=1S/C34H36N4O6/c1-41-11-12-42-24-6-4-5-21(13-24)16-36-17-23(18-36)37-19-31(39)38-28(34(37)40)15-26-25-7-2-3-8-27(25)35-32(26)33(38)22-9-10-29-30(14-22)44-20-43-29/h2-10,13-14,23,28-30,33,35H,11-12,15-20H2,1H3/t28-,29?,30?,33-/m1/s1. The maximum absolute atomic E-state index is 14.2. The van der Waals surface area contributed by atoms with Crippen LogP contribution in [-0.2, 0) is 36.8 Å². The first-order valence-corrected chi connectivity index (χ1v) is 15.3. The molecular formula is C34H36N4O6. The minimum Gasteiger partial charge on any atom is -0.491 e. The number of H-pyrrole nitrogens is 1. The molecule has 10 nitrogen and oxygen atoms in total. The lowest BCUT2D eigenvalue weighted by Crippen LogP contribution is -2.69. The molecule has 2 aromatic carbocycles. The Morgan fingerprint density at radius 2 is 1.89 bits per heavy atom. The lowest BCUT2D eigenvalue weighted by molar-refractivity contribution is -0.164. The summed E-state index contributed by atoms with van der Waals surface area (Å²) in [5.41, 5.74) is 5.21. The minimum absolute atomic E-state index is 0.0103. The second-order valence-corrected chi connectivity index (χ2v) is 12.2. The van der Waals surface area contributed by atoms with Crippen molar-refractivity contribution in [2.45, 2.75) is 43.3 Å². The number of hydrogen-bond acceptors (Lipinski definition) is 7. The fourth-order valence-electron chi connectivity index (χ4n) is 7.37. The van der Waals surface area contributed by atoms with Gasteiger partial charge in [-0.2, -0.15) is 0 Å². The molecule has 44 heavy (non-hydrogen) atoms. The second-order valence-electron chi connectivity index (χ2n) is 12.2. The number of piperazine rings is 1. The highest BCUT2D eigenvalue weighted by Gasteiger charge is 2.51. The van der Waals surface area contributed by atoms with E-state index in [9.17, 15) is 9.59 Å². The molecule has 1 aliphatic carbocycles. The van der Waals surface area contributed by atoms with E-state index in [2.05, 4.69) is 40.2 Å². The van der Waals surface area contributed by atoms with E-state index >= 15 is 0 Å². The molecule has 2 amide bonds. The van der Waals surface area contributed by atoms with Crippen LogP contribution in [0.5, 0.6) is 5.75 Å². The number of rotatable bonds is 8. The Hall–Kier alpha value is -3.96. The van der Waals surface area contributed by atoms with Crippen molar-refractivity contribution in [3.8, 4) is 5.75 Å². The minimum atomic E-state index is -0.560. The smallest absolute Gasteiger partial charge is 0.246 e. The number of methoxy groups -OCH3 is 1. The van der Waals surface area contributed by atoms with E-state index < -0.39 is 12.1 Å². The van der Waals surface area contributed by atoms with Gasteiger partial charge in [-0.15, -0.1) is 0 Å². The van der Waals surface area contributed by atoms with E-state index in [-0.39, 0.29) is 43.4 Å². The number of hydrogen-bond donors (Lipinski definition) is 1. The van der Waals surface area contributed by atoms with Crippen molar-refractivity contribution in [1.82, 2.24) is 19.7 Å². The maximum Gasteiger partial charge on any atom is 0.246 e. The normalized spacial score (nSPS) is 26.8. The van der Waals surface area contributed by atoms with Gasteiger partial charge in [0, 0.05) is 49.8 Å². The van der Waals surface area contributed by atoms with Gasteiger partial charge >= 0.3 is 0 Å². The van der Waals surface area contributed by atoms with Gasteiger partial charge in [-0.1, -0.05) is 42.5 Å². The molecule has 0 saturated carbocycles. The van der Waals surface area contributed by atoms with Crippen molar-refractivity contribution in [2.75, 3.05) is 46.8 Å². The van der Waals surface area contributed by atoms with Crippen LogP contribution in [0.15, 0.2) is 72.3 Å². The van der Waals surface area contributed by atoms with Gasteiger partial charge in [0.15, 0.2) is 0 Å². The van der Waals surface area contributed by atoms with Crippen molar-refractivity contribution in [3.63, 3.8) is 0 Å². The third-order valence-electron chi connectivity index (χ3n) is 9.53. The van der Waals surface area contributed by atoms with Gasteiger partial charge in [0.2, 0.25) is 11.8 Å². The van der Waals surface area contributed by atoms with Crippen LogP contribution in [0, 0.1) is 0 Å². The molecule has 0 bridgehead atoms. The first-order valence-electron chi connectivity index (χ1n) is 15.3. The number of para-hydroxylation sites is 1. The zero-order chi connectivity index (χ0) is 29.8. The van der Waals surface area contributed by atoms with Crippen LogP contribution in [0.1, 0.15) is 22.9 Å². The number of nitrogens with zero attached hydrogens (tertiary/aromatic N) is 3. The Labute approximate surface area is 255 Å². The third kappa shape index (κ3) is 4.73. The number of amides is 2. The van der Waals surface area contributed by atoms with Gasteiger partial charge in [-0.05, 0) is 41.0 Å². The zero-order valence-corrected chi connectivity index (χ0v) is 24.7. The van der Waals surface area contributed by atoms with E-state index in [1.165, 1.54) is 0 Å². The van der Waals surface area contributed by atoms with Crippen molar-refractivity contribution in [3.05, 3.63) is 89.2 Å². The van der Waals surface area contributed by atoms with Crippen molar-refractivity contribution in [1.29, 1.82) is 0 Å². The van der Waals surface area contributed by atoms with Crippen molar-refractivity contribution < 1.29 is 28.5 Å². The summed E-state index contributed by atoms with van der Waals surface area (Å²) < 4.78 is 22.3. The molecule has 3 aromatic rings. The molecule has 10 heteroatoms. The molecule has 5 aliphatic rings. The summed E-state index contributed by atoms with van der Waals surface area (Å²) in [5, 5.41) is 1.10. The molecule has 0 radical (unpaired) electrons. The van der Waals surface area contributed by atoms with Crippen molar-refractivity contribution in [2.24, 2.45) is 0 Å². The maximum atomic E-state index is 14.2.